The fourth-order valence-electron chi connectivity index (χ4n) is 2.35. The van der Waals surface area contributed by atoms with Crippen molar-refractivity contribution in [3.63, 3.8) is 0 Å². The van der Waals surface area contributed by atoms with Crippen molar-refractivity contribution >= 4 is 0 Å². The molecule has 0 aromatic carbocycles. The van der Waals surface area contributed by atoms with Crippen molar-refractivity contribution in [1.29, 1.82) is 0 Å². The lowest BCUT2D eigenvalue weighted by atomic mass is 9.79. The van der Waals surface area contributed by atoms with Gasteiger partial charge in [-0.25, -0.2) is 0 Å². The average Bonchev–Trinajstić information content (AvgIpc) is 2.09. The number of rotatable bonds is 3. The highest BCUT2D eigenvalue weighted by atomic mass is 15.0. The fraction of sp³-hybridized carbons (Fsp3) is 1.00. The summed E-state index contributed by atoms with van der Waals surface area (Å²) in [6.07, 6.45) is 4.07. The molecule has 1 saturated carbocycles. The van der Waals surface area contributed by atoms with Gasteiger partial charge in [-0.2, -0.15) is 0 Å². The third-order valence-electron chi connectivity index (χ3n) is 3.28. The van der Waals surface area contributed by atoms with E-state index in [1.165, 1.54) is 19.3 Å². The third kappa shape index (κ3) is 3.28. The highest BCUT2D eigenvalue weighted by Crippen LogP contribution is 2.28. The number of nitrogens with one attached hydrogen (secondary N) is 1. The van der Waals surface area contributed by atoms with Crippen LogP contribution in [0, 0.1) is 11.8 Å². The molecule has 4 atom stereocenters. The first kappa shape index (κ1) is 11.0. The number of nitrogens with two attached hydrogens (primary N) is 1. The molecule has 0 spiro atoms. The zero-order valence-electron chi connectivity index (χ0n) is 9.22. The summed E-state index contributed by atoms with van der Waals surface area (Å²) in [6.45, 7) is 7.64. The van der Waals surface area contributed by atoms with Crippen molar-refractivity contribution in [1.82, 2.24) is 5.32 Å². The Bertz CT molecular complexity index is 147. The van der Waals surface area contributed by atoms with Gasteiger partial charge in [0.15, 0.2) is 0 Å². The molecule has 2 heteroatoms. The minimum Gasteiger partial charge on any atom is -0.329 e. The first-order valence-corrected chi connectivity index (χ1v) is 5.59. The highest BCUT2D eigenvalue weighted by molar-refractivity contribution is 4.82. The second-order valence-corrected chi connectivity index (χ2v) is 4.81. The van der Waals surface area contributed by atoms with Gasteiger partial charge in [0.05, 0.1) is 0 Å². The number of hydrogen-bond acceptors (Lipinski definition) is 2. The summed E-state index contributed by atoms with van der Waals surface area (Å²) in [6, 6.07) is 1.18. The molecular formula is C11H24N2. The lowest BCUT2D eigenvalue weighted by Crippen LogP contribution is -2.46. The van der Waals surface area contributed by atoms with Crippen molar-refractivity contribution < 1.29 is 0 Å². The molecule has 4 unspecified atom stereocenters. The van der Waals surface area contributed by atoms with Crippen molar-refractivity contribution in [2.45, 2.75) is 52.1 Å². The molecule has 0 bridgehead atoms. The summed E-state index contributed by atoms with van der Waals surface area (Å²) >= 11 is 0. The average molecular weight is 184 g/mol. The lowest BCUT2D eigenvalue weighted by molar-refractivity contribution is 0.217. The van der Waals surface area contributed by atoms with E-state index in [0.29, 0.717) is 12.1 Å². The summed E-state index contributed by atoms with van der Waals surface area (Å²) in [4.78, 5) is 0. The Balaban J connectivity index is 2.33. The van der Waals surface area contributed by atoms with Crippen molar-refractivity contribution in [3.05, 3.63) is 0 Å². The fourth-order valence-corrected chi connectivity index (χ4v) is 2.35. The predicted octanol–water partition coefficient (Wildman–Crippen LogP) is 1.75. The summed E-state index contributed by atoms with van der Waals surface area (Å²) in [5, 5.41) is 3.61. The van der Waals surface area contributed by atoms with Crippen LogP contribution in [0.5, 0.6) is 0 Å². The molecule has 0 radical (unpaired) electrons. The Morgan fingerprint density at radius 3 is 2.62 bits per heavy atom. The van der Waals surface area contributed by atoms with Gasteiger partial charge in [0.2, 0.25) is 0 Å². The minimum absolute atomic E-state index is 0.473. The Morgan fingerprint density at radius 1 is 1.38 bits per heavy atom. The van der Waals surface area contributed by atoms with E-state index in [4.69, 9.17) is 5.73 Å². The standard InChI is InChI=1S/C11H24N2/c1-8-4-5-11(9(2)6-8)13-10(3)7-12/h8-11,13H,4-7,12H2,1-3H3. The molecule has 1 rings (SSSR count). The van der Waals surface area contributed by atoms with Crippen LogP contribution < -0.4 is 11.1 Å². The molecule has 0 aliphatic heterocycles. The van der Waals surface area contributed by atoms with Gasteiger partial charge in [-0.15, -0.1) is 0 Å². The van der Waals surface area contributed by atoms with E-state index in [1.54, 1.807) is 0 Å². The van der Waals surface area contributed by atoms with Crippen molar-refractivity contribution in [2.75, 3.05) is 6.54 Å². The van der Waals surface area contributed by atoms with E-state index in [9.17, 15) is 0 Å². The molecule has 3 N–H and O–H groups in total. The van der Waals surface area contributed by atoms with Crippen LogP contribution in [0.4, 0.5) is 0 Å². The van der Waals surface area contributed by atoms with Gasteiger partial charge >= 0.3 is 0 Å². The van der Waals surface area contributed by atoms with Gasteiger partial charge in [-0.3, -0.25) is 0 Å². The molecule has 1 aliphatic rings. The molecule has 1 aliphatic carbocycles. The van der Waals surface area contributed by atoms with Crippen LogP contribution in [0.25, 0.3) is 0 Å². The lowest BCUT2D eigenvalue weighted by Gasteiger charge is -2.35. The molecule has 1 fully saturated rings. The Hall–Kier alpha value is -0.0800. The molecule has 0 amide bonds. The van der Waals surface area contributed by atoms with Crippen LogP contribution in [-0.2, 0) is 0 Å². The van der Waals surface area contributed by atoms with Gasteiger partial charge in [0.1, 0.15) is 0 Å². The largest absolute Gasteiger partial charge is 0.329 e. The molecule has 0 heterocycles. The first-order chi connectivity index (χ1) is 6.13. The highest BCUT2D eigenvalue weighted by Gasteiger charge is 2.25. The van der Waals surface area contributed by atoms with Gasteiger partial charge < -0.3 is 11.1 Å². The van der Waals surface area contributed by atoms with Gasteiger partial charge in [-0.1, -0.05) is 13.8 Å². The zero-order chi connectivity index (χ0) is 9.84. The maximum atomic E-state index is 5.60. The van der Waals surface area contributed by atoms with E-state index < -0.39 is 0 Å². The van der Waals surface area contributed by atoms with Gasteiger partial charge in [0, 0.05) is 18.6 Å². The summed E-state index contributed by atoms with van der Waals surface area (Å²) in [5.41, 5.74) is 5.60. The monoisotopic (exact) mass is 184 g/mol. The van der Waals surface area contributed by atoms with E-state index in [2.05, 4.69) is 26.1 Å². The van der Waals surface area contributed by atoms with Crippen LogP contribution in [0.15, 0.2) is 0 Å². The minimum atomic E-state index is 0.473. The molecular weight excluding hydrogens is 160 g/mol. The molecule has 0 saturated heterocycles. The van der Waals surface area contributed by atoms with E-state index >= 15 is 0 Å². The maximum absolute atomic E-state index is 5.60. The zero-order valence-corrected chi connectivity index (χ0v) is 9.22. The van der Waals surface area contributed by atoms with Crippen LogP contribution >= 0.6 is 0 Å². The van der Waals surface area contributed by atoms with Crippen LogP contribution in [-0.4, -0.2) is 18.6 Å². The summed E-state index contributed by atoms with van der Waals surface area (Å²) in [5.74, 6) is 1.74. The van der Waals surface area contributed by atoms with Gasteiger partial charge in [0.25, 0.3) is 0 Å². The predicted molar refractivity (Wildman–Crippen MR) is 57.6 cm³/mol. The quantitative estimate of drug-likeness (QED) is 0.701. The molecule has 0 aromatic heterocycles. The van der Waals surface area contributed by atoms with Crippen LogP contribution in [0.3, 0.4) is 0 Å². The molecule has 2 nitrogen and oxygen atoms in total. The van der Waals surface area contributed by atoms with Gasteiger partial charge in [-0.05, 0) is 38.0 Å². The van der Waals surface area contributed by atoms with Crippen LogP contribution in [0.1, 0.15) is 40.0 Å². The topological polar surface area (TPSA) is 38.0 Å². The normalized spacial score (nSPS) is 37.4. The molecule has 78 valence electrons. The SMILES string of the molecule is CC1CCC(NC(C)CN)C(C)C1. The Labute approximate surface area is 82.3 Å². The number of hydrogen-bond donors (Lipinski definition) is 2. The van der Waals surface area contributed by atoms with Crippen molar-refractivity contribution in [3.8, 4) is 0 Å². The Kier molecular flexibility index (Phi) is 4.20. The molecule has 0 aromatic rings. The van der Waals surface area contributed by atoms with E-state index in [0.717, 1.165) is 18.4 Å². The molecule has 13 heavy (non-hydrogen) atoms. The summed E-state index contributed by atoms with van der Waals surface area (Å²) < 4.78 is 0. The smallest absolute Gasteiger partial charge is 0.0164 e. The van der Waals surface area contributed by atoms with Crippen LogP contribution in [0.2, 0.25) is 0 Å². The van der Waals surface area contributed by atoms with E-state index in [1.807, 2.05) is 0 Å². The second-order valence-electron chi connectivity index (χ2n) is 4.81. The summed E-state index contributed by atoms with van der Waals surface area (Å²) in [7, 11) is 0. The first-order valence-electron chi connectivity index (χ1n) is 5.59. The Morgan fingerprint density at radius 2 is 2.08 bits per heavy atom. The van der Waals surface area contributed by atoms with Crippen molar-refractivity contribution in [2.24, 2.45) is 17.6 Å². The second kappa shape index (κ2) is 4.97. The van der Waals surface area contributed by atoms with E-state index in [-0.39, 0.29) is 0 Å². The maximum Gasteiger partial charge on any atom is 0.0164 e. The third-order valence-corrected chi connectivity index (χ3v) is 3.28.